The molecule has 2 aromatic rings. The fraction of sp³-hybridized carbons (Fsp3) is 0.615. The minimum Gasteiger partial charge on any atom is -0.380 e. The van der Waals surface area contributed by atoms with Gasteiger partial charge < -0.3 is 4.74 Å². The molecule has 3 heterocycles. The number of hydrogen-bond acceptors (Lipinski definition) is 5. The minimum atomic E-state index is 0.160. The topological polar surface area (TPSA) is 71.9 Å². The van der Waals surface area contributed by atoms with Crippen molar-refractivity contribution >= 4 is 11.6 Å². The first-order chi connectivity index (χ1) is 10.1. The highest BCUT2D eigenvalue weighted by Gasteiger charge is 2.35. The van der Waals surface area contributed by atoms with Gasteiger partial charge in [-0.15, -0.1) is 0 Å². The lowest BCUT2D eigenvalue weighted by atomic mass is 10.1. The summed E-state index contributed by atoms with van der Waals surface area (Å²) in [5.74, 6) is 0.868. The Labute approximate surface area is 128 Å². The maximum Gasteiger partial charge on any atom is 0.141 e. The van der Waals surface area contributed by atoms with Crippen LogP contribution in [0.2, 0.25) is 5.15 Å². The van der Waals surface area contributed by atoms with Crippen LogP contribution in [0.5, 0.6) is 0 Å². The van der Waals surface area contributed by atoms with Crippen molar-refractivity contribution in [1.29, 1.82) is 0 Å². The van der Waals surface area contributed by atoms with E-state index < -0.39 is 0 Å². The molecule has 1 N–H and O–H groups in total. The molecule has 1 aliphatic heterocycles. The zero-order chi connectivity index (χ0) is 15.0. The van der Waals surface area contributed by atoms with Gasteiger partial charge in [0.05, 0.1) is 17.8 Å². The number of aryl methyl sites for hydroxylation is 2. The molecule has 8 heteroatoms. The fourth-order valence-corrected chi connectivity index (χ4v) is 3.16. The molecular weight excluding hydrogens is 292 g/mol. The number of H-pyrrole nitrogens is 1. The lowest BCUT2D eigenvalue weighted by Crippen LogP contribution is -2.25. The largest absolute Gasteiger partial charge is 0.380 e. The average molecular weight is 311 g/mol. The average Bonchev–Trinajstić information content (AvgIpc) is 3.16. The third-order valence-corrected chi connectivity index (χ3v) is 4.55. The van der Waals surface area contributed by atoms with E-state index in [4.69, 9.17) is 16.3 Å². The number of likely N-dealkylation sites (tertiary alicyclic amines) is 1. The SMILES string of the molecule is CO[C@@H]1C[C@@H](c2ncn[nH]2)N(Cc2c(C)nn(C)c2Cl)C1. The molecule has 114 valence electrons. The maximum atomic E-state index is 6.34. The number of nitrogens with one attached hydrogen (secondary N) is 1. The Balaban J connectivity index is 1.85. The molecule has 1 fully saturated rings. The molecule has 0 unspecified atom stereocenters. The van der Waals surface area contributed by atoms with Crippen LogP contribution >= 0.6 is 11.6 Å². The molecule has 0 saturated carbocycles. The van der Waals surface area contributed by atoms with Crippen molar-refractivity contribution in [3.63, 3.8) is 0 Å². The van der Waals surface area contributed by atoms with Crippen LogP contribution in [-0.2, 0) is 18.3 Å². The molecule has 0 bridgehead atoms. The van der Waals surface area contributed by atoms with Crippen LogP contribution in [0.1, 0.15) is 29.5 Å². The van der Waals surface area contributed by atoms with Crippen molar-refractivity contribution in [2.45, 2.75) is 32.0 Å². The monoisotopic (exact) mass is 310 g/mol. The molecule has 2 aromatic heterocycles. The first kappa shape index (κ1) is 14.5. The van der Waals surface area contributed by atoms with Crippen LogP contribution in [0.4, 0.5) is 0 Å². The van der Waals surface area contributed by atoms with Crippen LogP contribution in [-0.4, -0.2) is 49.6 Å². The van der Waals surface area contributed by atoms with Crippen LogP contribution in [0.25, 0.3) is 0 Å². The molecule has 0 radical (unpaired) electrons. The molecular formula is C13H19ClN6O. The standard InChI is InChI=1S/C13H19ClN6O/c1-8-10(12(14)19(2)18-8)6-20-5-9(21-3)4-11(20)13-15-7-16-17-13/h7,9,11H,4-6H2,1-3H3,(H,15,16,17)/t9-,11+/m1/s1. The predicted molar refractivity (Wildman–Crippen MR) is 77.9 cm³/mol. The van der Waals surface area contributed by atoms with Gasteiger partial charge in [-0.2, -0.15) is 10.2 Å². The van der Waals surface area contributed by atoms with E-state index in [0.717, 1.165) is 36.6 Å². The third kappa shape index (κ3) is 2.68. The van der Waals surface area contributed by atoms with Crippen molar-refractivity contribution < 1.29 is 4.74 Å². The van der Waals surface area contributed by atoms with Gasteiger partial charge >= 0.3 is 0 Å². The minimum absolute atomic E-state index is 0.160. The number of aromatic amines is 1. The van der Waals surface area contributed by atoms with Crippen molar-refractivity contribution in [3.05, 3.63) is 28.6 Å². The van der Waals surface area contributed by atoms with Crippen molar-refractivity contribution in [2.24, 2.45) is 7.05 Å². The summed E-state index contributed by atoms with van der Waals surface area (Å²) in [5, 5.41) is 12.0. The summed E-state index contributed by atoms with van der Waals surface area (Å²) < 4.78 is 7.22. The molecule has 7 nitrogen and oxygen atoms in total. The van der Waals surface area contributed by atoms with Gasteiger partial charge in [-0.3, -0.25) is 14.7 Å². The van der Waals surface area contributed by atoms with E-state index in [2.05, 4.69) is 25.2 Å². The lowest BCUT2D eigenvalue weighted by Gasteiger charge is -2.22. The lowest BCUT2D eigenvalue weighted by molar-refractivity contribution is 0.107. The highest BCUT2D eigenvalue weighted by molar-refractivity contribution is 6.30. The van der Waals surface area contributed by atoms with Gasteiger partial charge in [-0.05, 0) is 13.3 Å². The Hall–Kier alpha value is -1.44. The number of hydrogen-bond donors (Lipinski definition) is 1. The molecule has 2 atom stereocenters. The van der Waals surface area contributed by atoms with E-state index >= 15 is 0 Å². The van der Waals surface area contributed by atoms with Crippen LogP contribution in [0.15, 0.2) is 6.33 Å². The molecule has 1 aliphatic rings. The zero-order valence-electron chi connectivity index (χ0n) is 12.4. The number of methoxy groups -OCH3 is 1. The molecule has 1 saturated heterocycles. The number of rotatable bonds is 4. The van der Waals surface area contributed by atoms with E-state index in [-0.39, 0.29) is 12.1 Å². The quantitative estimate of drug-likeness (QED) is 0.925. The van der Waals surface area contributed by atoms with Gasteiger partial charge in [-0.25, -0.2) is 4.98 Å². The highest BCUT2D eigenvalue weighted by atomic mass is 35.5. The normalized spacial score (nSPS) is 23.0. The van der Waals surface area contributed by atoms with E-state index in [1.54, 1.807) is 11.8 Å². The van der Waals surface area contributed by atoms with Crippen LogP contribution in [0.3, 0.4) is 0 Å². The number of ether oxygens (including phenoxy) is 1. The third-order valence-electron chi connectivity index (χ3n) is 4.08. The van der Waals surface area contributed by atoms with E-state index in [1.807, 2.05) is 14.0 Å². The van der Waals surface area contributed by atoms with Gasteiger partial charge in [0.25, 0.3) is 0 Å². The molecule has 21 heavy (non-hydrogen) atoms. The van der Waals surface area contributed by atoms with Gasteiger partial charge in [0.2, 0.25) is 0 Å². The maximum absolute atomic E-state index is 6.34. The van der Waals surface area contributed by atoms with Gasteiger partial charge in [0, 0.05) is 32.8 Å². The molecule has 0 spiro atoms. The Morgan fingerprint density at radius 2 is 2.33 bits per heavy atom. The van der Waals surface area contributed by atoms with E-state index in [0.29, 0.717) is 5.15 Å². The number of halogens is 1. The Kier molecular flexibility index (Phi) is 3.97. The number of nitrogens with zero attached hydrogens (tertiary/aromatic N) is 5. The van der Waals surface area contributed by atoms with Crippen molar-refractivity contribution in [2.75, 3.05) is 13.7 Å². The Morgan fingerprint density at radius 3 is 2.90 bits per heavy atom. The molecule has 0 aliphatic carbocycles. The first-order valence-corrected chi connectivity index (χ1v) is 7.28. The molecule has 3 rings (SSSR count). The second-order valence-corrected chi connectivity index (χ2v) is 5.75. The van der Waals surface area contributed by atoms with Gasteiger partial charge in [0.1, 0.15) is 17.3 Å². The summed E-state index contributed by atoms with van der Waals surface area (Å²) in [7, 11) is 3.60. The van der Waals surface area contributed by atoms with Gasteiger partial charge in [-0.1, -0.05) is 11.6 Å². The highest BCUT2D eigenvalue weighted by Crippen LogP contribution is 2.34. The summed E-state index contributed by atoms with van der Waals surface area (Å²) in [6.07, 6.45) is 2.62. The van der Waals surface area contributed by atoms with Gasteiger partial charge in [0.15, 0.2) is 0 Å². The molecule has 0 amide bonds. The summed E-state index contributed by atoms with van der Waals surface area (Å²) in [6.45, 7) is 3.55. The second-order valence-electron chi connectivity index (χ2n) is 5.39. The van der Waals surface area contributed by atoms with E-state index in [9.17, 15) is 0 Å². The van der Waals surface area contributed by atoms with E-state index in [1.165, 1.54) is 6.33 Å². The smallest absolute Gasteiger partial charge is 0.141 e. The summed E-state index contributed by atoms with van der Waals surface area (Å²) >= 11 is 6.34. The van der Waals surface area contributed by atoms with Crippen molar-refractivity contribution in [1.82, 2.24) is 29.9 Å². The summed E-state index contributed by atoms with van der Waals surface area (Å²) in [4.78, 5) is 6.60. The summed E-state index contributed by atoms with van der Waals surface area (Å²) in [5.41, 5.74) is 2.01. The Morgan fingerprint density at radius 1 is 1.52 bits per heavy atom. The first-order valence-electron chi connectivity index (χ1n) is 6.90. The second kappa shape index (κ2) is 5.75. The molecule has 0 aromatic carbocycles. The van der Waals surface area contributed by atoms with Crippen LogP contribution < -0.4 is 0 Å². The number of aromatic nitrogens is 5. The van der Waals surface area contributed by atoms with Crippen LogP contribution in [0, 0.1) is 6.92 Å². The zero-order valence-corrected chi connectivity index (χ0v) is 13.1. The summed E-state index contributed by atoms with van der Waals surface area (Å²) in [6, 6.07) is 0.160. The fourth-order valence-electron chi connectivity index (χ4n) is 2.92. The van der Waals surface area contributed by atoms with Crippen molar-refractivity contribution in [3.8, 4) is 0 Å². The predicted octanol–water partition coefficient (Wildman–Crippen LogP) is 1.46. The Bertz CT molecular complexity index is 610.